The van der Waals surface area contributed by atoms with Crippen molar-refractivity contribution in [2.45, 2.75) is 26.8 Å². The maximum Gasteiger partial charge on any atom is 0.224 e. The zero-order valence-corrected chi connectivity index (χ0v) is 15.9. The lowest BCUT2D eigenvalue weighted by Crippen LogP contribution is -2.41. The maximum absolute atomic E-state index is 12.9. The Morgan fingerprint density at radius 1 is 1.00 bits per heavy atom. The highest BCUT2D eigenvalue weighted by Gasteiger charge is 2.04. The van der Waals surface area contributed by atoms with Crippen LogP contribution in [0.15, 0.2) is 53.5 Å². The van der Waals surface area contributed by atoms with Crippen LogP contribution >= 0.6 is 0 Å². The average Bonchev–Trinajstić information content (AvgIpc) is 2.66. The zero-order chi connectivity index (χ0) is 19.5. The molecule has 0 saturated carbocycles. The number of guanidine groups is 1. The first-order valence-corrected chi connectivity index (χ1v) is 9.16. The quantitative estimate of drug-likeness (QED) is 0.380. The molecule has 3 N–H and O–H groups in total. The standard InChI is InChI=1S/C21H27FN4O/c1-3-23-21(26-15-18-7-5-4-6-16(18)2)25-13-12-24-20(27)14-17-8-10-19(22)11-9-17/h4-11H,3,12-15H2,1-2H3,(H,24,27)(H2,23,25,26). The molecule has 6 heteroatoms. The highest BCUT2D eigenvalue weighted by molar-refractivity contribution is 5.80. The molecule has 0 aliphatic heterocycles. The van der Waals surface area contributed by atoms with Gasteiger partial charge >= 0.3 is 0 Å². The van der Waals surface area contributed by atoms with Crippen LogP contribution in [-0.4, -0.2) is 31.5 Å². The Hall–Kier alpha value is -2.89. The molecule has 144 valence electrons. The first-order valence-electron chi connectivity index (χ1n) is 9.16. The molecule has 0 aliphatic carbocycles. The number of hydrogen-bond donors (Lipinski definition) is 3. The summed E-state index contributed by atoms with van der Waals surface area (Å²) in [5.74, 6) is 0.322. The molecule has 0 aliphatic rings. The summed E-state index contributed by atoms with van der Waals surface area (Å²) in [6, 6.07) is 14.1. The molecule has 27 heavy (non-hydrogen) atoms. The summed E-state index contributed by atoms with van der Waals surface area (Å²) in [7, 11) is 0. The second-order valence-electron chi connectivity index (χ2n) is 6.20. The van der Waals surface area contributed by atoms with E-state index in [2.05, 4.69) is 40.0 Å². The zero-order valence-electron chi connectivity index (χ0n) is 15.9. The smallest absolute Gasteiger partial charge is 0.224 e. The minimum Gasteiger partial charge on any atom is -0.357 e. The molecule has 2 aromatic rings. The highest BCUT2D eigenvalue weighted by Crippen LogP contribution is 2.07. The molecule has 0 atom stereocenters. The summed E-state index contributed by atoms with van der Waals surface area (Å²) in [4.78, 5) is 16.5. The molecule has 0 bridgehead atoms. The van der Waals surface area contributed by atoms with Crippen LogP contribution in [0.25, 0.3) is 0 Å². The van der Waals surface area contributed by atoms with E-state index in [1.54, 1.807) is 12.1 Å². The number of amides is 1. The molecule has 0 fully saturated rings. The summed E-state index contributed by atoms with van der Waals surface area (Å²) in [5.41, 5.74) is 3.18. The number of aliphatic imine (C=N–C) groups is 1. The normalized spacial score (nSPS) is 11.1. The molecular weight excluding hydrogens is 343 g/mol. The predicted octanol–water partition coefficient (Wildman–Crippen LogP) is 2.55. The van der Waals surface area contributed by atoms with E-state index in [0.717, 1.165) is 12.1 Å². The van der Waals surface area contributed by atoms with E-state index in [0.29, 0.717) is 25.6 Å². The summed E-state index contributed by atoms with van der Waals surface area (Å²) < 4.78 is 12.9. The summed E-state index contributed by atoms with van der Waals surface area (Å²) in [6.45, 7) is 6.48. The van der Waals surface area contributed by atoms with Gasteiger partial charge in [-0.05, 0) is 42.7 Å². The van der Waals surface area contributed by atoms with Crippen molar-refractivity contribution in [2.24, 2.45) is 4.99 Å². The number of carbonyl (C=O) groups excluding carboxylic acids is 1. The lowest BCUT2D eigenvalue weighted by molar-refractivity contribution is -0.120. The molecule has 5 nitrogen and oxygen atoms in total. The molecule has 0 heterocycles. The van der Waals surface area contributed by atoms with E-state index < -0.39 is 0 Å². The van der Waals surface area contributed by atoms with Gasteiger partial charge in [0.1, 0.15) is 5.82 Å². The van der Waals surface area contributed by atoms with Gasteiger partial charge in [0.2, 0.25) is 5.91 Å². The summed E-state index contributed by atoms with van der Waals surface area (Å²) in [5, 5.41) is 9.26. The van der Waals surface area contributed by atoms with E-state index in [1.807, 2.05) is 19.1 Å². The van der Waals surface area contributed by atoms with Gasteiger partial charge in [0.25, 0.3) is 0 Å². The van der Waals surface area contributed by atoms with Crippen molar-refractivity contribution in [3.8, 4) is 0 Å². The van der Waals surface area contributed by atoms with Gasteiger partial charge < -0.3 is 16.0 Å². The van der Waals surface area contributed by atoms with Crippen molar-refractivity contribution in [1.82, 2.24) is 16.0 Å². The predicted molar refractivity (Wildman–Crippen MR) is 107 cm³/mol. The van der Waals surface area contributed by atoms with Crippen LogP contribution in [-0.2, 0) is 17.8 Å². The Labute approximate surface area is 160 Å². The van der Waals surface area contributed by atoms with Gasteiger partial charge in [0, 0.05) is 19.6 Å². The van der Waals surface area contributed by atoms with Crippen LogP contribution in [0.2, 0.25) is 0 Å². The lowest BCUT2D eigenvalue weighted by Gasteiger charge is -2.12. The Balaban J connectivity index is 1.75. The van der Waals surface area contributed by atoms with E-state index in [-0.39, 0.29) is 18.1 Å². The largest absolute Gasteiger partial charge is 0.357 e. The van der Waals surface area contributed by atoms with Crippen LogP contribution < -0.4 is 16.0 Å². The van der Waals surface area contributed by atoms with Crippen LogP contribution in [0.3, 0.4) is 0 Å². The van der Waals surface area contributed by atoms with Crippen LogP contribution in [0.4, 0.5) is 4.39 Å². The Morgan fingerprint density at radius 2 is 1.70 bits per heavy atom. The minimum atomic E-state index is -0.302. The molecule has 0 aromatic heterocycles. The number of nitrogens with zero attached hydrogens (tertiary/aromatic N) is 1. The lowest BCUT2D eigenvalue weighted by atomic mass is 10.1. The van der Waals surface area contributed by atoms with Crippen molar-refractivity contribution in [3.63, 3.8) is 0 Å². The maximum atomic E-state index is 12.9. The topological polar surface area (TPSA) is 65.5 Å². The number of carbonyl (C=O) groups is 1. The molecule has 0 unspecified atom stereocenters. The fourth-order valence-corrected chi connectivity index (χ4v) is 2.53. The molecular formula is C21H27FN4O. The second kappa shape index (κ2) is 11.0. The Bertz CT molecular complexity index is 759. The van der Waals surface area contributed by atoms with Gasteiger partial charge in [-0.1, -0.05) is 36.4 Å². The van der Waals surface area contributed by atoms with Crippen molar-refractivity contribution in [3.05, 3.63) is 71.0 Å². The Kier molecular flexibility index (Phi) is 8.29. The fourth-order valence-electron chi connectivity index (χ4n) is 2.53. The molecule has 1 amide bonds. The second-order valence-corrected chi connectivity index (χ2v) is 6.20. The van der Waals surface area contributed by atoms with Crippen molar-refractivity contribution in [1.29, 1.82) is 0 Å². The molecule has 0 radical (unpaired) electrons. The van der Waals surface area contributed by atoms with Gasteiger partial charge in [-0.15, -0.1) is 0 Å². The van der Waals surface area contributed by atoms with Crippen molar-refractivity contribution < 1.29 is 9.18 Å². The molecule has 0 spiro atoms. The van der Waals surface area contributed by atoms with Gasteiger partial charge in [-0.25, -0.2) is 9.38 Å². The number of halogens is 1. The third kappa shape index (κ3) is 7.48. The van der Waals surface area contributed by atoms with Gasteiger partial charge in [0.15, 0.2) is 5.96 Å². The number of aryl methyl sites for hydroxylation is 1. The number of hydrogen-bond acceptors (Lipinski definition) is 2. The fraction of sp³-hybridized carbons (Fsp3) is 0.333. The third-order valence-electron chi connectivity index (χ3n) is 4.03. The van der Waals surface area contributed by atoms with E-state index >= 15 is 0 Å². The monoisotopic (exact) mass is 370 g/mol. The van der Waals surface area contributed by atoms with Gasteiger partial charge in [-0.3, -0.25) is 4.79 Å². The van der Waals surface area contributed by atoms with Crippen LogP contribution in [0.1, 0.15) is 23.6 Å². The van der Waals surface area contributed by atoms with Crippen molar-refractivity contribution in [2.75, 3.05) is 19.6 Å². The summed E-state index contributed by atoms with van der Waals surface area (Å²) >= 11 is 0. The highest BCUT2D eigenvalue weighted by atomic mass is 19.1. The van der Waals surface area contributed by atoms with Gasteiger partial charge in [0.05, 0.1) is 13.0 Å². The first-order chi connectivity index (χ1) is 13.1. The molecule has 0 saturated heterocycles. The average molecular weight is 370 g/mol. The van der Waals surface area contributed by atoms with Crippen LogP contribution in [0.5, 0.6) is 0 Å². The van der Waals surface area contributed by atoms with E-state index in [1.165, 1.54) is 23.3 Å². The third-order valence-corrected chi connectivity index (χ3v) is 4.03. The minimum absolute atomic E-state index is 0.0924. The van der Waals surface area contributed by atoms with E-state index in [4.69, 9.17) is 0 Å². The van der Waals surface area contributed by atoms with Crippen molar-refractivity contribution >= 4 is 11.9 Å². The van der Waals surface area contributed by atoms with Crippen LogP contribution in [0, 0.1) is 12.7 Å². The Morgan fingerprint density at radius 3 is 2.41 bits per heavy atom. The number of benzene rings is 2. The summed E-state index contributed by atoms with van der Waals surface area (Å²) in [6.07, 6.45) is 0.238. The van der Waals surface area contributed by atoms with Gasteiger partial charge in [-0.2, -0.15) is 0 Å². The number of nitrogens with one attached hydrogen (secondary N) is 3. The SMILES string of the molecule is CCNC(=NCc1ccccc1C)NCCNC(=O)Cc1ccc(F)cc1. The van der Waals surface area contributed by atoms with E-state index in [9.17, 15) is 9.18 Å². The molecule has 2 rings (SSSR count). The first kappa shape index (κ1) is 20.4. The number of rotatable bonds is 8. The molecule has 2 aromatic carbocycles.